The Labute approximate surface area is 101 Å². The van der Waals surface area contributed by atoms with Crippen LogP contribution in [0.25, 0.3) is 21.8 Å². The smallest absolute Gasteiger partial charge is 0.169 e. The number of aryl methyl sites for hydroxylation is 1. The molecule has 92 valence electrons. The number of H-pyrrole nitrogens is 1. The predicted octanol–water partition coefficient (Wildman–Crippen LogP) is 4.30. The molecule has 0 amide bonds. The topological polar surface area (TPSA) is 15.8 Å². The van der Waals surface area contributed by atoms with Crippen LogP contribution >= 0.6 is 0 Å². The van der Waals surface area contributed by atoms with Gasteiger partial charge in [-0.1, -0.05) is 13.0 Å². The first kappa shape index (κ1) is 11.1. The Kier molecular flexibility index (Phi) is 2.33. The zero-order valence-corrected chi connectivity index (χ0v) is 9.65. The molecule has 3 aromatic rings. The molecular formula is C14H10F3N. The van der Waals surface area contributed by atoms with E-state index >= 15 is 0 Å². The lowest BCUT2D eigenvalue weighted by Gasteiger charge is -1.99. The normalized spacial score (nSPS) is 11.6. The van der Waals surface area contributed by atoms with Crippen molar-refractivity contribution in [3.8, 4) is 0 Å². The second-order valence-corrected chi connectivity index (χ2v) is 4.26. The van der Waals surface area contributed by atoms with E-state index < -0.39 is 17.5 Å². The van der Waals surface area contributed by atoms with Gasteiger partial charge in [0.25, 0.3) is 0 Å². The zero-order chi connectivity index (χ0) is 12.9. The van der Waals surface area contributed by atoms with Crippen LogP contribution in [0.1, 0.15) is 12.5 Å². The van der Waals surface area contributed by atoms with Crippen molar-refractivity contribution in [3.63, 3.8) is 0 Å². The summed E-state index contributed by atoms with van der Waals surface area (Å²) in [7, 11) is 0. The van der Waals surface area contributed by atoms with E-state index in [2.05, 4.69) is 4.98 Å². The summed E-state index contributed by atoms with van der Waals surface area (Å²) in [5, 5.41) is 0.498. The predicted molar refractivity (Wildman–Crippen MR) is 65.1 cm³/mol. The molecule has 0 spiro atoms. The second-order valence-electron chi connectivity index (χ2n) is 4.26. The van der Waals surface area contributed by atoms with Crippen LogP contribution in [0.4, 0.5) is 13.2 Å². The average molecular weight is 249 g/mol. The Bertz CT molecular complexity index is 759. The fourth-order valence-electron chi connectivity index (χ4n) is 2.23. The summed E-state index contributed by atoms with van der Waals surface area (Å²) >= 11 is 0. The molecular weight excluding hydrogens is 239 g/mol. The molecule has 1 nitrogen and oxygen atoms in total. The van der Waals surface area contributed by atoms with Gasteiger partial charge in [0, 0.05) is 22.4 Å². The Morgan fingerprint density at radius 1 is 1.06 bits per heavy atom. The third kappa shape index (κ3) is 1.41. The van der Waals surface area contributed by atoms with Gasteiger partial charge in [-0.05, 0) is 24.1 Å². The maximum Gasteiger partial charge on any atom is 0.169 e. The van der Waals surface area contributed by atoms with Crippen molar-refractivity contribution in [3.05, 3.63) is 47.3 Å². The molecule has 4 heteroatoms. The number of nitrogens with one attached hydrogen (secondary N) is 1. The maximum absolute atomic E-state index is 13.8. The number of fused-ring (bicyclic) bond motifs is 3. The van der Waals surface area contributed by atoms with Gasteiger partial charge in [0.05, 0.1) is 5.52 Å². The van der Waals surface area contributed by atoms with Gasteiger partial charge in [0.15, 0.2) is 11.6 Å². The number of aromatic amines is 1. The molecule has 0 aliphatic carbocycles. The zero-order valence-electron chi connectivity index (χ0n) is 9.65. The van der Waals surface area contributed by atoms with Gasteiger partial charge in [-0.3, -0.25) is 0 Å². The van der Waals surface area contributed by atoms with Gasteiger partial charge >= 0.3 is 0 Å². The highest BCUT2D eigenvalue weighted by Gasteiger charge is 2.17. The van der Waals surface area contributed by atoms with Gasteiger partial charge < -0.3 is 4.98 Å². The monoisotopic (exact) mass is 249 g/mol. The van der Waals surface area contributed by atoms with E-state index in [1.165, 1.54) is 0 Å². The van der Waals surface area contributed by atoms with Gasteiger partial charge in [-0.15, -0.1) is 0 Å². The number of rotatable bonds is 1. The molecule has 0 saturated carbocycles. The van der Waals surface area contributed by atoms with Crippen LogP contribution in [-0.4, -0.2) is 4.98 Å². The maximum atomic E-state index is 13.8. The van der Waals surface area contributed by atoms with Crippen molar-refractivity contribution < 1.29 is 13.2 Å². The molecule has 2 aromatic carbocycles. The number of aromatic nitrogens is 1. The first-order valence-corrected chi connectivity index (χ1v) is 5.69. The molecule has 18 heavy (non-hydrogen) atoms. The summed E-state index contributed by atoms with van der Waals surface area (Å²) in [6, 6.07) is 5.96. The molecule has 0 radical (unpaired) electrons. The van der Waals surface area contributed by atoms with E-state index in [1.54, 1.807) is 12.1 Å². The molecule has 0 fully saturated rings. The van der Waals surface area contributed by atoms with Crippen LogP contribution in [0, 0.1) is 17.5 Å². The minimum Gasteiger partial charge on any atom is -0.352 e. The standard InChI is InChI=1S/C14H10F3N/c1-2-7-3-4-11-8(5-7)12-13(17)9(15)6-10(16)14(12)18-11/h3-6,18H,2H2,1H3. The van der Waals surface area contributed by atoms with Gasteiger partial charge in [-0.25, -0.2) is 13.2 Å². The van der Waals surface area contributed by atoms with Crippen molar-refractivity contribution in [2.45, 2.75) is 13.3 Å². The van der Waals surface area contributed by atoms with Crippen LogP contribution in [0.3, 0.4) is 0 Å². The molecule has 1 N–H and O–H groups in total. The Balaban J connectivity index is 2.54. The number of halogens is 3. The Morgan fingerprint density at radius 3 is 2.56 bits per heavy atom. The van der Waals surface area contributed by atoms with Crippen LogP contribution in [0.15, 0.2) is 24.3 Å². The lowest BCUT2D eigenvalue weighted by molar-refractivity contribution is 0.506. The highest BCUT2D eigenvalue weighted by atomic mass is 19.2. The van der Waals surface area contributed by atoms with Crippen LogP contribution in [0.5, 0.6) is 0 Å². The van der Waals surface area contributed by atoms with E-state index in [0.717, 1.165) is 12.0 Å². The van der Waals surface area contributed by atoms with E-state index in [9.17, 15) is 13.2 Å². The first-order chi connectivity index (χ1) is 8.61. The molecule has 0 aliphatic rings. The van der Waals surface area contributed by atoms with Gasteiger partial charge in [0.2, 0.25) is 0 Å². The quantitative estimate of drug-likeness (QED) is 0.619. The molecule has 3 rings (SSSR count). The van der Waals surface area contributed by atoms with E-state index in [-0.39, 0.29) is 10.9 Å². The van der Waals surface area contributed by atoms with Gasteiger partial charge in [-0.2, -0.15) is 0 Å². The minimum absolute atomic E-state index is 0.0113. The lowest BCUT2D eigenvalue weighted by atomic mass is 10.1. The van der Waals surface area contributed by atoms with Crippen molar-refractivity contribution in [1.29, 1.82) is 0 Å². The third-order valence-electron chi connectivity index (χ3n) is 3.19. The molecule has 1 heterocycles. The number of hydrogen-bond acceptors (Lipinski definition) is 0. The summed E-state index contributed by atoms with van der Waals surface area (Å²) in [6.45, 7) is 1.97. The summed E-state index contributed by atoms with van der Waals surface area (Å²) in [4.78, 5) is 2.78. The van der Waals surface area contributed by atoms with Crippen LogP contribution in [0.2, 0.25) is 0 Å². The van der Waals surface area contributed by atoms with Crippen LogP contribution in [-0.2, 0) is 6.42 Å². The van der Waals surface area contributed by atoms with E-state index in [1.807, 2.05) is 13.0 Å². The number of benzene rings is 2. The fraction of sp³-hybridized carbons (Fsp3) is 0.143. The van der Waals surface area contributed by atoms with E-state index in [0.29, 0.717) is 17.0 Å². The molecule has 1 aromatic heterocycles. The van der Waals surface area contributed by atoms with Crippen molar-refractivity contribution in [2.75, 3.05) is 0 Å². The summed E-state index contributed by atoms with van der Waals surface area (Å²) in [6.07, 6.45) is 0.780. The molecule has 0 aliphatic heterocycles. The third-order valence-corrected chi connectivity index (χ3v) is 3.19. The largest absolute Gasteiger partial charge is 0.352 e. The molecule has 0 atom stereocenters. The Morgan fingerprint density at radius 2 is 1.83 bits per heavy atom. The van der Waals surface area contributed by atoms with Crippen molar-refractivity contribution in [1.82, 2.24) is 4.98 Å². The van der Waals surface area contributed by atoms with Crippen LogP contribution < -0.4 is 0 Å². The Hall–Kier alpha value is -1.97. The molecule has 0 saturated heterocycles. The summed E-state index contributed by atoms with van der Waals surface area (Å²) < 4.78 is 40.7. The summed E-state index contributed by atoms with van der Waals surface area (Å²) in [5.41, 5.74) is 1.61. The molecule has 0 unspecified atom stereocenters. The highest BCUT2D eigenvalue weighted by Crippen LogP contribution is 2.31. The minimum atomic E-state index is -1.16. The summed E-state index contributed by atoms with van der Waals surface area (Å²) in [5.74, 6) is -2.95. The number of hydrogen-bond donors (Lipinski definition) is 1. The van der Waals surface area contributed by atoms with Crippen molar-refractivity contribution in [2.24, 2.45) is 0 Å². The highest BCUT2D eigenvalue weighted by molar-refractivity contribution is 6.07. The SMILES string of the molecule is CCc1ccc2[nH]c3c(F)cc(F)c(F)c3c2c1. The van der Waals surface area contributed by atoms with Crippen molar-refractivity contribution >= 4 is 21.8 Å². The molecule has 0 bridgehead atoms. The second kappa shape index (κ2) is 3.77. The fourth-order valence-corrected chi connectivity index (χ4v) is 2.23. The van der Waals surface area contributed by atoms with E-state index in [4.69, 9.17) is 0 Å². The lowest BCUT2D eigenvalue weighted by Crippen LogP contribution is -1.88. The average Bonchev–Trinajstić information content (AvgIpc) is 2.75. The van der Waals surface area contributed by atoms with Gasteiger partial charge in [0.1, 0.15) is 5.82 Å². The first-order valence-electron chi connectivity index (χ1n) is 5.69.